The molecule has 0 aromatic carbocycles. The minimum atomic E-state index is -0.673. The van der Waals surface area contributed by atoms with Crippen LogP contribution in [0.4, 0.5) is 0 Å². The predicted octanol–water partition coefficient (Wildman–Crippen LogP) is 0.663. The van der Waals surface area contributed by atoms with E-state index in [1.165, 1.54) is 0 Å². The Hall–Kier alpha value is -1.10. The number of amides is 2. The highest BCUT2D eigenvalue weighted by Gasteiger charge is 2.42. The van der Waals surface area contributed by atoms with Crippen LogP contribution in [0.1, 0.15) is 46.5 Å². The summed E-state index contributed by atoms with van der Waals surface area (Å²) >= 11 is 0. The summed E-state index contributed by atoms with van der Waals surface area (Å²) in [5, 5.41) is 12.5. The summed E-state index contributed by atoms with van der Waals surface area (Å²) in [4.78, 5) is 26.2. The Labute approximate surface area is 114 Å². The molecule has 0 aromatic heterocycles. The van der Waals surface area contributed by atoms with Crippen molar-refractivity contribution in [3.05, 3.63) is 0 Å². The van der Waals surface area contributed by atoms with Gasteiger partial charge >= 0.3 is 0 Å². The molecule has 2 rings (SSSR count). The van der Waals surface area contributed by atoms with Gasteiger partial charge in [0.15, 0.2) is 0 Å². The number of carbonyl (C=O) groups excluding carboxylic acids is 2. The summed E-state index contributed by atoms with van der Waals surface area (Å²) in [7, 11) is 0. The average molecular weight is 268 g/mol. The van der Waals surface area contributed by atoms with Crippen molar-refractivity contribution >= 4 is 11.8 Å². The molecular formula is C14H24N2O3. The van der Waals surface area contributed by atoms with E-state index >= 15 is 0 Å². The van der Waals surface area contributed by atoms with Gasteiger partial charge in [-0.3, -0.25) is 9.59 Å². The molecule has 19 heavy (non-hydrogen) atoms. The van der Waals surface area contributed by atoms with Gasteiger partial charge in [0.1, 0.15) is 6.04 Å². The Bertz CT molecular complexity index is 375. The normalized spacial score (nSPS) is 25.3. The second-order valence-electron chi connectivity index (χ2n) is 6.35. The minimum absolute atomic E-state index is 0.132. The molecule has 2 atom stereocenters. The molecule has 1 aliphatic carbocycles. The Morgan fingerprint density at radius 2 is 1.95 bits per heavy atom. The van der Waals surface area contributed by atoms with Crippen LogP contribution < -0.4 is 5.32 Å². The zero-order chi connectivity index (χ0) is 14.2. The van der Waals surface area contributed by atoms with Crippen molar-refractivity contribution in [2.24, 2.45) is 5.92 Å². The first-order chi connectivity index (χ1) is 8.83. The van der Waals surface area contributed by atoms with Crippen LogP contribution in [0.2, 0.25) is 0 Å². The van der Waals surface area contributed by atoms with E-state index in [1.54, 1.807) is 25.7 Å². The molecule has 2 amide bonds. The highest BCUT2D eigenvalue weighted by molar-refractivity contribution is 5.90. The maximum Gasteiger partial charge on any atom is 0.243 e. The molecular weight excluding hydrogens is 244 g/mol. The number of hydrogen-bond donors (Lipinski definition) is 2. The topological polar surface area (TPSA) is 69.6 Å². The SMILES string of the molecule is CC(O)C(C)(C)NC(=O)C1CCCN1C(=O)C1CC1. The van der Waals surface area contributed by atoms with Gasteiger partial charge in [0.25, 0.3) is 0 Å². The van der Waals surface area contributed by atoms with Crippen LogP contribution in [0.5, 0.6) is 0 Å². The van der Waals surface area contributed by atoms with Gasteiger partial charge in [-0.1, -0.05) is 0 Å². The molecule has 1 saturated carbocycles. The van der Waals surface area contributed by atoms with Crippen LogP contribution in [-0.4, -0.2) is 46.1 Å². The van der Waals surface area contributed by atoms with Gasteiger partial charge < -0.3 is 15.3 Å². The maximum atomic E-state index is 12.3. The molecule has 0 spiro atoms. The van der Waals surface area contributed by atoms with E-state index < -0.39 is 11.6 Å². The first-order valence-corrected chi connectivity index (χ1v) is 7.13. The zero-order valence-electron chi connectivity index (χ0n) is 12.0. The van der Waals surface area contributed by atoms with Crippen molar-refractivity contribution < 1.29 is 14.7 Å². The molecule has 2 aliphatic rings. The average Bonchev–Trinajstić information content (AvgIpc) is 3.04. The van der Waals surface area contributed by atoms with Gasteiger partial charge in [0.05, 0.1) is 11.6 Å². The third-order valence-electron chi connectivity index (χ3n) is 4.25. The summed E-state index contributed by atoms with van der Waals surface area (Å²) in [5.74, 6) is 0.142. The van der Waals surface area contributed by atoms with Crippen molar-refractivity contribution in [3.63, 3.8) is 0 Å². The molecule has 5 nitrogen and oxygen atoms in total. The molecule has 2 N–H and O–H groups in total. The largest absolute Gasteiger partial charge is 0.391 e. The molecule has 0 aromatic rings. The first kappa shape index (κ1) is 14.3. The highest BCUT2D eigenvalue weighted by Crippen LogP contribution is 2.33. The van der Waals surface area contributed by atoms with E-state index in [0.29, 0.717) is 6.54 Å². The maximum absolute atomic E-state index is 12.3. The molecule has 0 bridgehead atoms. The van der Waals surface area contributed by atoms with Crippen molar-refractivity contribution in [3.8, 4) is 0 Å². The number of rotatable bonds is 4. The van der Waals surface area contributed by atoms with Gasteiger partial charge in [0.2, 0.25) is 11.8 Å². The summed E-state index contributed by atoms with van der Waals surface area (Å²) in [6.07, 6.45) is 2.89. The first-order valence-electron chi connectivity index (χ1n) is 7.13. The van der Waals surface area contributed by atoms with Crippen molar-refractivity contribution in [2.45, 2.75) is 64.1 Å². The Morgan fingerprint density at radius 3 is 2.47 bits per heavy atom. The van der Waals surface area contributed by atoms with Crippen molar-refractivity contribution in [1.82, 2.24) is 10.2 Å². The number of nitrogens with zero attached hydrogens (tertiary/aromatic N) is 1. The number of hydrogen-bond acceptors (Lipinski definition) is 3. The molecule has 1 saturated heterocycles. The number of aliphatic hydroxyl groups excluding tert-OH is 1. The lowest BCUT2D eigenvalue weighted by molar-refractivity contribution is -0.140. The van der Waals surface area contributed by atoms with Gasteiger partial charge in [-0.2, -0.15) is 0 Å². The second-order valence-corrected chi connectivity index (χ2v) is 6.35. The van der Waals surface area contributed by atoms with Crippen LogP contribution in [-0.2, 0) is 9.59 Å². The van der Waals surface area contributed by atoms with Crippen LogP contribution in [0.3, 0.4) is 0 Å². The van der Waals surface area contributed by atoms with E-state index in [4.69, 9.17) is 0 Å². The van der Waals surface area contributed by atoms with E-state index in [9.17, 15) is 14.7 Å². The van der Waals surface area contributed by atoms with Crippen molar-refractivity contribution in [2.75, 3.05) is 6.54 Å². The molecule has 1 heterocycles. The summed E-state index contributed by atoms with van der Waals surface area (Å²) in [6, 6.07) is -0.355. The lowest BCUT2D eigenvalue weighted by atomic mass is 9.98. The number of carbonyl (C=O) groups is 2. The van der Waals surface area contributed by atoms with E-state index in [0.717, 1.165) is 25.7 Å². The lowest BCUT2D eigenvalue weighted by Crippen LogP contribution is -2.56. The summed E-state index contributed by atoms with van der Waals surface area (Å²) in [5.41, 5.74) is -0.673. The Kier molecular flexibility index (Phi) is 3.85. The quantitative estimate of drug-likeness (QED) is 0.787. The monoisotopic (exact) mass is 268 g/mol. The summed E-state index contributed by atoms with van der Waals surface area (Å²) in [6.45, 7) is 5.92. The second kappa shape index (κ2) is 5.12. The van der Waals surface area contributed by atoms with Gasteiger partial charge in [0, 0.05) is 12.5 Å². The number of likely N-dealkylation sites (tertiary alicyclic amines) is 1. The van der Waals surface area contributed by atoms with Crippen LogP contribution in [0.15, 0.2) is 0 Å². The fourth-order valence-corrected chi connectivity index (χ4v) is 2.37. The lowest BCUT2D eigenvalue weighted by Gasteiger charge is -2.32. The highest BCUT2D eigenvalue weighted by atomic mass is 16.3. The van der Waals surface area contributed by atoms with E-state index in [2.05, 4.69) is 5.32 Å². The van der Waals surface area contributed by atoms with Gasteiger partial charge in [-0.05, 0) is 46.5 Å². The van der Waals surface area contributed by atoms with Crippen molar-refractivity contribution in [1.29, 1.82) is 0 Å². The van der Waals surface area contributed by atoms with Crippen LogP contribution >= 0.6 is 0 Å². The molecule has 2 unspecified atom stereocenters. The van der Waals surface area contributed by atoms with Crippen LogP contribution in [0.25, 0.3) is 0 Å². The molecule has 1 aliphatic heterocycles. The zero-order valence-corrected chi connectivity index (χ0v) is 12.0. The van der Waals surface area contributed by atoms with E-state index in [-0.39, 0.29) is 23.8 Å². The molecule has 5 heteroatoms. The number of nitrogens with one attached hydrogen (secondary N) is 1. The predicted molar refractivity (Wildman–Crippen MR) is 71.4 cm³/mol. The van der Waals surface area contributed by atoms with Crippen LogP contribution in [0, 0.1) is 5.92 Å². The molecule has 0 radical (unpaired) electrons. The Morgan fingerprint density at radius 1 is 1.32 bits per heavy atom. The fraction of sp³-hybridized carbons (Fsp3) is 0.857. The van der Waals surface area contributed by atoms with E-state index in [1.807, 2.05) is 0 Å². The molecule has 108 valence electrons. The number of aliphatic hydroxyl groups is 1. The minimum Gasteiger partial charge on any atom is -0.391 e. The third kappa shape index (κ3) is 3.08. The smallest absolute Gasteiger partial charge is 0.243 e. The molecule has 2 fully saturated rings. The fourth-order valence-electron chi connectivity index (χ4n) is 2.37. The summed E-state index contributed by atoms with van der Waals surface area (Å²) < 4.78 is 0. The standard InChI is InChI=1S/C14H24N2O3/c1-9(17)14(2,3)15-12(18)11-5-4-8-16(11)13(19)10-6-7-10/h9-11,17H,4-8H2,1-3H3,(H,15,18). The van der Waals surface area contributed by atoms with Gasteiger partial charge in [-0.15, -0.1) is 0 Å². The van der Waals surface area contributed by atoms with Gasteiger partial charge in [-0.25, -0.2) is 0 Å². The third-order valence-corrected chi connectivity index (χ3v) is 4.25. The Balaban J connectivity index is 1.99.